The fourth-order valence-electron chi connectivity index (χ4n) is 2.43. The lowest BCUT2D eigenvalue weighted by molar-refractivity contribution is 0.0929. The van der Waals surface area contributed by atoms with Crippen molar-refractivity contribution in [2.75, 3.05) is 0 Å². The molecule has 0 saturated heterocycles. The molecule has 1 N–H and O–H groups in total. The number of furan rings is 1. The van der Waals surface area contributed by atoms with Gasteiger partial charge in [-0.05, 0) is 41.5 Å². The molecule has 0 saturated carbocycles. The van der Waals surface area contributed by atoms with E-state index < -0.39 is 20.7 Å². The lowest BCUT2D eigenvalue weighted by Gasteiger charge is -2.10. The van der Waals surface area contributed by atoms with Crippen molar-refractivity contribution in [1.82, 2.24) is 4.72 Å². The van der Waals surface area contributed by atoms with E-state index >= 15 is 0 Å². The van der Waals surface area contributed by atoms with E-state index in [2.05, 4.69) is 20.7 Å². The van der Waals surface area contributed by atoms with Crippen molar-refractivity contribution in [2.24, 2.45) is 0 Å². The van der Waals surface area contributed by atoms with Crippen LogP contribution in [0.4, 0.5) is 4.39 Å². The van der Waals surface area contributed by atoms with Crippen LogP contribution in [0.2, 0.25) is 0 Å². The van der Waals surface area contributed by atoms with Crippen LogP contribution in [0.3, 0.4) is 0 Å². The second-order valence-corrected chi connectivity index (χ2v) is 8.44. The van der Waals surface area contributed by atoms with Gasteiger partial charge in [-0.15, -0.1) is 0 Å². The van der Waals surface area contributed by atoms with Gasteiger partial charge in [0.25, 0.3) is 0 Å². The molecular weight excluding hydrogens is 437 g/mol. The summed E-state index contributed by atoms with van der Waals surface area (Å²) in [5, 5.41) is 0. The molecule has 0 aliphatic rings. The zero-order valence-electron chi connectivity index (χ0n) is 14.2. The molecule has 3 rings (SSSR count). The summed E-state index contributed by atoms with van der Waals surface area (Å²) in [7, 11) is -3.97. The number of benzene rings is 2. The van der Waals surface area contributed by atoms with Gasteiger partial charge >= 0.3 is 0 Å². The maximum absolute atomic E-state index is 13.8. The molecule has 0 amide bonds. The van der Waals surface area contributed by atoms with Crippen LogP contribution in [0.25, 0.3) is 0 Å². The summed E-state index contributed by atoms with van der Waals surface area (Å²) in [4.78, 5) is -0.394. The Morgan fingerprint density at radius 1 is 1.04 bits per heavy atom. The van der Waals surface area contributed by atoms with Crippen molar-refractivity contribution in [3.8, 4) is 0 Å². The Labute approximate surface area is 165 Å². The number of hydrogen-bond acceptors (Lipinski definition) is 4. The maximum Gasteiger partial charge on any atom is 0.243 e. The van der Waals surface area contributed by atoms with Crippen LogP contribution in [0.1, 0.15) is 16.9 Å². The molecule has 0 aliphatic carbocycles. The SMILES string of the molecule is O=S(=O)(NCc1cccc(COCc2ccco2)c1)c1cc(Br)ccc1F. The van der Waals surface area contributed by atoms with E-state index in [0.717, 1.165) is 23.0 Å². The zero-order valence-corrected chi connectivity index (χ0v) is 16.6. The summed E-state index contributed by atoms with van der Waals surface area (Å²) in [6, 6.07) is 14.7. The molecule has 0 atom stereocenters. The second kappa shape index (κ2) is 8.79. The summed E-state index contributed by atoms with van der Waals surface area (Å²) in [5.74, 6) is -0.0688. The standard InChI is InChI=1S/C19H17BrFNO4S/c20-16-6-7-18(21)19(10-16)27(23,24)22-11-14-3-1-4-15(9-14)12-25-13-17-5-2-8-26-17/h1-10,22H,11-13H2. The van der Waals surface area contributed by atoms with Crippen molar-refractivity contribution in [1.29, 1.82) is 0 Å². The van der Waals surface area contributed by atoms with Gasteiger partial charge in [-0.25, -0.2) is 17.5 Å². The van der Waals surface area contributed by atoms with Crippen molar-refractivity contribution in [3.63, 3.8) is 0 Å². The third kappa shape index (κ3) is 5.49. The number of sulfonamides is 1. The molecule has 2 aromatic carbocycles. The van der Waals surface area contributed by atoms with Gasteiger partial charge in [0.2, 0.25) is 10.0 Å². The first kappa shape index (κ1) is 19.8. The molecule has 0 spiro atoms. The fraction of sp³-hybridized carbons (Fsp3) is 0.158. The zero-order chi connectivity index (χ0) is 19.3. The van der Waals surface area contributed by atoms with Crippen LogP contribution in [0, 0.1) is 5.82 Å². The van der Waals surface area contributed by atoms with Crippen LogP contribution < -0.4 is 4.72 Å². The highest BCUT2D eigenvalue weighted by atomic mass is 79.9. The van der Waals surface area contributed by atoms with Gasteiger partial charge in [0, 0.05) is 11.0 Å². The van der Waals surface area contributed by atoms with E-state index in [4.69, 9.17) is 9.15 Å². The first-order chi connectivity index (χ1) is 12.9. The van der Waals surface area contributed by atoms with Crippen LogP contribution >= 0.6 is 15.9 Å². The number of nitrogens with one attached hydrogen (secondary N) is 1. The van der Waals surface area contributed by atoms with Crippen LogP contribution in [-0.2, 0) is 34.5 Å². The average Bonchev–Trinajstić information content (AvgIpc) is 3.16. The highest BCUT2D eigenvalue weighted by Gasteiger charge is 2.19. The smallest absolute Gasteiger partial charge is 0.243 e. The Morgan fingerprint density at radius 2 is 1.85 bits per heavy atom. The average molecular weight is 454 g/mol. The van der Waals surface area contributed by atoms with Gasteiger partial charge in [0.15, 0.2) is 0 Å². The van der Waals surface area contributed by atoms with E-state index in [1.54, 1.807) is 18.4 Å². The maximum atomic E-state index is 13.8. The summed E-state index contributed by atoms with van der Waals surface area (Å²) >= 11 is 3.15. The topological polar surface area (TPSA) is 68.5 Å². The Hall–Kier alpha value is -2.00. The highest BCUT2D eigenvalue weighted by Crippen LogP contribution is 2.20. The molecule has 0 aliphatic heterocycles. The van der Waals surface area contributed by atoms with Gasteiger partial charge in [0.05, 0.1) is 12.9 Å². The van der Waals surface area contributed by atoms with E-state index in [9.17, 15) is 12.8 Å². The second-order valence-electron chi connectivity index (χ2n) is 5.79. The van der Waals surface area contributed by atoms with E-state index in [1.165, 1.54) is 12.1 Å². The van der Waals surface area contributed by atoms with Gasteiger partial charge in [-0.1, -0.05) is 40.2 Å². The van der Waals surface area contributed by atoms with Crippen LogP contribution in [-0.4, -0.2) is 8.42 Å². The molecule has 142 valence electrons. The van der Waals surface area contributed by atoms with Gasteiger partial charge < -0.3 is 9.15 Å². The first-order valence-corrected chi connectivity index (χ1v) is 10.3. The van der Waals surface area contributed by atoms with Crippen molar-refractivity contribution in [3.05, 3.63) is 88.0 Å². The van der Waals surface area contributed by atoms with Crippen LogP contribution in [0.15, 0.2) is 74.6 Å². The third-order valence-corrected chi connectivity index (χ3v) is 5.64. The monoisotopic (exact) mass is 453 g/mol. The molecule has 1 aromatic heterocycles. The molecule has 3 aromatic rings. The number of hydrogen-bond donors (Lipinski definition) is 1. The normalized spacial score (nSPS) is 11.6. The van der Waals surface area contributed by atoms with E-state index in [-0.39, 0.29) is 6.54 Å². The number of rotatable bonds is 8. The molecule has 5 nitrogen and oxygen atoms in total. The Kier molecular flexibility index (Phi) is 6.43. The van der Waals surface area contributed by atoms with E-state index in [0.29, 0.717) is 17.7 Å². The Morgan fingerprint density at radius 3 is 2.63 bits per heavy atom. The first-order valence-electron chi connectivity index (χ1n) is 8.07. The summed E-state index contributed by atoms with van der Waals surface area (Å²) in [6.07, 6.45) is 1.58. The third-order valence-electron chi connectivity index (χ3n) is 3.73. The largest absolute Gasteiger partial charge is 0.467 e. The van der Waals surface area contributed by atoms with Crippen molar-refractivity contribution in [2.45, 2.75) is 24.7 Å². The number of ether oxygens (including phenoxy) is 1. The molecule has 0 unspecified atom stereocenters. The van der Waals surface area contributed by atoms with Crippen molar-refractivity contribution < 1.29 is 22.0 Å². The van der Waals surface area contributed by atoms with Crippen LogP contribution in [0.5, 0.6) is 0 Å². The van der Waals surface area contributed by atoms with E-state index in [1.807, 2.05) is 24.3 Å². The molecule has 0 radical (unpaired) electrons. The quantitative estimate of drug-likeness (QED) is 0.549. The fourth-order valence-corrected chi connectivity index (χ4v) is 4.06. The minimum absolute atomic E-state index is 0.0420. The summed E-state index contributed by atoms with van der Waals surface area (Å²) in [6.45, 7) is 0.758. The molecular formula is C19H17BrFNO4S. The predicted molar refractivity (Wildman–Crippen MR) is 102 cm³/mol. The van der Waals surface area contributed by atoms with Crippen molar-refractivity contribution >= 4 is 26.0 Å². The summed E-state index contributed by atoms with van der Waals surface area (Å²) in [5.41, 5.74) is 1.64. The molecule has 8 heteroatoms. The minimum atomic E-state index is -3.97. The van der Waals surface area contributed by atoms with Gasteiger partial charge in [-0.3, -0.25) is 0 Å². The molecule has 1 heterocycles. The lowest BCUT2D eigenvalue weighted by Crippen LogP contribution is -2.24. The number of halogens is 2. The Bertz CT molecular complexity index is 1010. The van der Waals surface area contributed by atoms with Gasteiger partial charge in [0.1, 0.15) is 23.1 Å². The lowest BCUT2D eigenvalue weighted by atomic mass is 10.1. The minimum Gasteiger partial charge on any atom is -0.467 e. The Balaban J connectivity index is 1.61. The molecule has 0 fully saturated rings. The predicted octanol–water partition coefficient (Wildman–Crippen LogP) is 4.38. The molecule has 27 heavy (non-hydrogen) atoms. The van der Waals surface area contributed by atoms with Gasteiger partial charge in [-0.2, -0.15) is 0 Å². The summed E-state index contributed by atoms with van der Waals surface area (Å²) < 4.78 is 52.2. The highest BCUT2D eigenvalue weighted by molar-refractivity contribution is 9.10. The molecule has 0 bridgehead atoms.